The number of nitrogens with zero attached hydrogens (tertiary/aromatic N) is 2. The summed E-state index contributed by atoms with van der Waals surface area (Å²) in [5, 5.41) is 5.79. The Balaban J connectivity index is 1.85. The van der Waals surface area contributed by atoms with E-state index in [9.17, 15) is 4.79 Å². The van der Waals surface area contributed by atoms with Gasteiger partial charge in [-0.1, -0.05) is 6.92 Å². The molecule has 0 spiro atoms. The molecule has 3 N–H and O–H groups in total. The van der Waals surface area contributed by atoms with Gasteiger partial charge in [0.1, 0.15) is 5.69 Å². The SMILES string of the molecule is CN1CCC(C)(CNC(=O)c2csc(CCN)n2)CC1. The fourth-order valence-electron chi connectivity index (χ4n) is 2.37. The van der Waals surface area contributed by atoms with E-state index in [4.69, 9.17) is 5.73 Å². The molecule has 0 bridgehead atoms. The van der Waals surface area contributed by atoms with Crippen LogP contribution >= 0.6 is 11.3 Å². The number of hydrogen-bond donors (Lipinski definition) is 2. The van der Waals surface area contributed by atoms with Gasteiger partial charge in [-0.15, -0.1) is 11.3 Å². The summed E-state index contributed by atoms with van der Waals surface area (Å²) in [6.45, 7) is 5.75. The minimum Gasteiger partial charge on any atom is -0.350 e. The van der Waals surface area contributed by atoms with Crippen LogP contribution in [0.15, 0.2) is 5.38 Å². The van der Waals surface area contributed by atoms with Gasteiger partial charge >= 0.3 is 0 Å². The predicted molar refractivity (Wildman–Crippen MR) is 82.0 cm³/mol. The zero-order valence-corrected chi connectivity index (χ0v) is 13.1. The molecule has 1 aliphatic heterocycles. The Labute approximate surface area is 124 Å². The van der Waals surface area contributed by atoms with Crippen molar-refractivity contribution < 1.29 is 4.79 Å². The molecule has 112 valence electrons. The lowest BCUT2D eigenvalue weighted by molar-refractivity contribution is 0.0887. The molecule has 2 rings (SSSR count). The molecular weight excluding hydrogens is 272 g/mol. The Morgan fingerprint density at radius 1 is 1.55 bits per heavy atom. The molecule has 1 aliphatic rings. The van der Waals surface area contributed by atoms with Crippen LogP contribution in [0.5, 0.6) is 0 Å². The minimum atomic E-state index is -0.0651. The summed E-state index contributed by atoms with van der Waals surface area (Å²) in [6, 6.07) is 0. The first-order valence-electron chi connectivity index (χ1n) is 7.14. The molecule has 0 radical (unpaired) electrons. The van der Waals surface area contributed by atoms with Crippen LogP contribution in [0.3, 0.4) is 0 Å². The van der Waals surface area contributed by atoms with Gasteiger partial charge in [-0.05, 0) is 44.9 Å². The third-order valence-corrected chi connectivity index (χ3v) is 4.92. The summed E-state index contributed by atoms with van der Waals surface area (Å²) in [7, 11) is 2.15. The Hall–Kier alpha value is -0.980. The van der Waals surface area contributed by atoms with Gasteiger partial charge in [-0.25, -0.2) is 4.98 Å². The number of nitrogens with two attached hydrogens (primary N) is 1. The van der Waals surface area contributed by atoms with E-state index in [-0.39, 0.29) is 11.3 Å². The second-order valence-electron chi connectivity index (χ2n) is 5.96. The third-order valence-electron chi connectivity index (χ3n) is 4.01. The van der Waals surface area contributed by atoms with Crippen LogP contribution in [0.4, 0.5) is 0 Å². The number of carbonyl (C=O) groups excluding carboxylic acids is 1. The number of thiazole rings is 1. The highest BCUT2D eigenvalue weighted by Crippen LogP contribution is 2.29. The summed E-state index contributed by atoms with van der Waals surface area (Å²) in [6.07, 6.45) is 2.99. The van der Waals surface area contributed by atoms with Gasteiger partial charge < -0.3 is 16.0 Å². The van der Waals surface area contributed by atoms with Gasteiger partial charge in [-0.2, -0.15) is 0 Å². The number of amides is 1. The summed E-state index contributed by atoms with van der Waals surface area (Å²) in [5.41, 5.74) is 6.22. The van der Waals surface area contributed by atoms with E-state index in [1.165, 1.54) is 11.3 Å². The molecule has 0 unspecified atom stereocenters. The molecule has 2 heterocycles. The van der Waals surface area contributed by atoms with Gasteiger partial charge in [0.2, 0.25) is 0 Å². The van der Waals surface area contributed by atoms with Gasteiger partial charge in [0.15, 0.2) is 0 Å². The molecule has 6 heteroatoms. The molecule has 0 saturated carbocycles. The van der Waals surface area contributed by atoms with Crippen LogP contribution < -0.4 is 11.1 Å². The Kier molecular flexibility index (Phi) is 5.12. The predicted octanol–water partition coefficient (Wildman–Crippen LogP) is 1.11. The zero-order chi connectivity index (χ0) is 14.6. The molecule has 0 atom stereocenters. The number of piperidine rings is 1. The van der Waals surface area contributed by atoms with Crippen molar-refractivity contribution in [1.29, 1.82) is 0 Å². The second-order valence-corrected chi connectivity index (χ2v) is 6.90. The summed E-state index contributed by atoms with van der Waals surface area (Å²) in [4.78, 5) is 18.8. The van der Waals surface area contributed by atoms with Crippen molar-refractivity contribution >= 4 is 17.2 Å². The number of hydrogen-bond acceptors (Lipinski definition) is 5. The molecule has 1 aromatic rings. The molecule has 1 aromatic heterocycles. The van der Waals surface area contributed by atoms with E-state index in [2.05, 4.69) is 29.2 Å². The smallest absolute Gasteiger partial charge is 0.270 e. The molecular formula is C14H24N4OS. The van der Waals surface area contributed by atoms with Crippen LogP contribution in [0, 0.1) is 5.41 Å². The molecule has 0 aromatic carbocycles. The molecule has 0 aliphatic carbocycles. The molecule has 1 fully saturated rings. The lowest BCUT2D eigenvalue weighted by Crippen LogP contribution is -2.43. The first-order valence-corrected chi connectivity index (χ1v) is 8.02. The highest BCUT2D eigenvalue weighted by Gasteiger charge is 2.29. The largest absolute Gasteiger partial charge is 0.350 e. The Morgan fingerprint density at radius 2 is 2.25 bits per heavy atom. The van der Waals surface area contributed by atoms with Crippen molar-refractivity contribution in [3.8, 4) is 0 Å². The quantitative estimate of drug-likeness (QED) is 0.854. The van der Waals surface area contributed by atoms with Gasteiger partial charge in [0, 0.05) is 18.3 Å². The minimum absolute atomic E-state index is 0.0651. The Bertz CT molecular complexity index is 452. The molecule has 20 heavy (non-hydrogen) atoms. The second kappa shape index (κ2) is 6.65. The van der Waals surface area contributed by atoms with Crippen LogP contribution in [0.1, 0.15) is 35.3 Å². The van der Waals surface area contributed by atoms with E-state index in [0.29, 0.717) is 12.2 Å². The monoisotopic (exact) mass is 296 g/mol. The normalized spacial score (nSPS) is 18.9. The van der Waals surface area contributed by atoms with E-state index in [1.54, 1.807) is 0 Å². The van der Waals surface area contributed by atoms with Crippen molar-refractivity contribution in [3.63, 3.8) is 0 Å². The van der Waals surface area contributed by atoms with Crippen LogP contribution in [0.25, 0.3) is 0 Å². The zero-order valence-electron chi connectivity index (χ0n) is 12.3. The van der Waals surface area contributed by atoms with Crippen molar-refractivity contribution in [2.75, 3.05) is 33.2 Å². The fraction of sp³-hybridized carbons (Fsp3) is 0.714. The van der Waals surface area contributed by atoms with Crippen molar-refractivity contribution in [2.45, 2.75) is 26.2 Å². The van der Waals surface area contributed by atoms with Gasteiger partial charge in [0.25, 0.3) is 5.91 Å². The van der Waals surface area contributed by atoms with Gasteiger partial charge in [0.05, 0.1) is 5.01 Å². The van der Waals surface area contributed by atoms with Crippen molar-refractivity contribution in [3.05, 3.63) is 16.1 Å². The average Bonchev–Trinajstić information content (AvgIpc) is 2.89. The number of likely N-dealkylation sites (tertiary alicyclic amines) is 1. The fourth-order valence-corrected chi connectivity index (χ4v) is 3.17. The summed E-state index contributed by atoms with van der Waals surface area (Å²) in [5.74, 6) is -0.0651. The average molecular weight is 296 g/mol. The van der Waals surface area contributed by atoms with E-state index < -0.39 is 0 Å². The standard InChI is InChI=1S/C14H24N4OS/c1-14(4-7-18(2)8-5-14)10-16-13(19)11-9-20-12(17-11)3-6-15/h9H,3-8,10,15H2,1-2H3,(H,16,19). The lowest BCUT2D eigenvalue weighted by atomic mass is 9.80. The number of rotatable bonds is 5. The van der Waals surface area contributed by atoms with Gasteiger partial charge in [-0.3, -0.25) is 4.79 Å². The maximum absolute atomic E-state index is 12.1. The summed E-state index contributed by atoms with van der Waals surface area (Å²) < 4.78 is 0. The highest BCUT2D eigenvalue weighted by atomic mass is 32.1. The van der Waals surface area contributed by atoms with Crippen molar-refractivity contribution in [2.24, 2.45) is 11.1 Å². The molecule has 1 amide bonds. The molecule has 1 saturated heterocycles. The third kappa shape index (κ3) is 4.01. The number of carbonyl (C=O) groups is 1. The maximum Gasteiger partial charge on any atom is 0.270 e. The topological polar surface area (TPSA) is 71.2 Å². The summed E-state index contributed by atoms with van der Waals surface area (Å²) >= 11 is 1.50. The van der Waals surface area contributed by atoms with Crippen LogP contribution in [0.2, 0.25) is 0 Å². The highest BCUT2D eigenvalue weighted by molar-refractivity contribution is 7.09. The Morgan fingerprint density at radius 3 is 2.90 bits per heavy atom. The first kappa shape index (κ1) is 15.4. The maximum atomic E-state index is 12.1. The van der Waals surface area contributed by atoms with E-state index in [1.807, 2.05) is 5.38 Å². The number of aromatic nitrogens is 1. The van der Waals surface area contributed by atoms with Crippen LogP contribution in [-0.2, 0) is 6.42 Å². The van der Waals surface area contributed by atoms with E-state index in [0.717, 1.165) is 43.9 Å². The van der Waals surface area contributed by atoms with E-state index >= 15 is 0 Å². The van der Waals surface area contributed by atoms with Crippen molar-refractivity contribution in [1.82, 2.24) is 15.2 Å². The molecule has 5 nitrogen and oxygen atoms in total. The van der Waals surface area contributed by atoms with Crippen LogP contribution in [-0.4, -0.2) is 49.0 Å². The number of nitrogens with one attached hydrogen (secondary N) is 1. The first-order chi connectivity index (χ1) is 9.52. The lowest BCUT2D eigenvalue weighted by Gasteiger charge is -2.37.